The van der Waals surface area contributed by atoms with Gasteiger partial charge in [-0.2, -0.15) is 0 Å². The van der Waals surface area contributed by atoms with Crippen LogP contribution in [0.3, 0.4) is 0 Å². The van der Waals surface area contributed by atoms with E-state index in [1.165, 1.54) is 0 Å². The lowest BCUT2D eigenvalue weighted by molar-refractivity contribution is 0.0191. The molecule has 2 nitrogen and oxygen atoms in total. The minimum absolute atomic E-state index is 0.0231. The van der Waals surface area contributed by atoms with E-state index in [-0.39, 0.29) is 24.2 Å². The fourth-order valence-electron chi connectivity index (χ4n) is 1.57. The monoisotopic (exact) mass is 184 g/mol. The van der Waals surface area contributed by atoms with E-state index in [0.717, 1.165) is 6.32 Å². The first-order valence-electron chi connectivity index (χ1n) is 5.08. The van der Waals surface area contributed by atoms with Crippen molar-refractivity contribution in [1.29, 1.82) is 0 Å². The van der Waals surface area contributed by atoms with E-state index >= 15 is 0 Å². The van der Waals surface area contributed by atoms with E-state index in [9.17, 15) is 0 Å². The van der Waals surface area contributed by atoms with Gasteiger partial charge in [0.25, 0.3) is 0 Å². The highest BCUT2D eigenvalue weighted by Crippen LogP contribution is 2.45. The van der Waals surface area contributed by atoms with E-state index in [1.807, 2.05) is 13.8 Å². The normalized spacial score (nSPS) is 25.6. The second-order valence-corrected chi connectivity index (χ2v) is 5.33. The fraction of sp³-hybridized carbons (Fsp3) is 1.00. The molecule has 0 atom stereocenters. The summed E-state index contributed by atoms with van der Waals surface area (Å²) in [5.74, 6) is 0. The van der Waals surface area contributed by atoms with Gasteiger partial charge in [-0.1, -0.05) is 13.8 Å². The lowest BCUT2D eigenvalue weighted by Gasteiger charge is -2.33. The van der Waals surface area contributed by atoms with Gasteiger partial charge in [-0.15, -0.1) is 0 Å². The third kappa shape index (κ3) is 2.26. The maximum atomic E-state index is 5.85. The van der Waals surface area contributed by atoms with Crippen LogP contribution >= 0.6 is 0 Å². The van der Waals surface area contributed by atoms with E-state index in [2.05, 4.69) is 27.7 Å². The van der Waals surface area contributed by atoms with Gasteiger partial charge >= 0.3 is 7.12 Å². The van der Waals surface area contributed by atoms with Gasteiger partial charge in [0.2, 0.25) is 0 Å². The zero-order chi connectivity index (χ0) is 10.3. The molecule has 1 saturated heterocycles. The Bertz CT molecular complexity index is 171. The molecule has 0 aromatic heterocycles. The summed E-state index contributed by atoms with van der Waals surface area (Å²) in [4.78, 5) is 0. The third-order valence-electron chi connectivity index (χ3n) is 3.16. The summed E-state index contributed by atoms with van der Waals surface area (Å²) >= 11 is 0. The van der Waals surface area contributed by atoms with Crippen LogP contribution in [0.4, 0.5) is 0 Å². The largest absolute Gasteiger partial charge is 0.458 e. The summed E-state index contributed by atoms with van der Waals surface area (Å²) in [6.07, 6.45) is 1.23. The van der Waals surface area contributed by atoms with Crippen molar-refractivity contribution in [2.75, 3.05) is 0 Å². The Hall–Kier alpha value is -0.0151. The van der Waals surface area contributed by atoms with Gasteiger partial charge in [0.1, 0.15) is 0 Å². The summed E-state index contributed by atoms with van der Waals surface area (Å²) in [5.41, 5.74) is 0.124. The minimum Gasteiger partial charge on any atom is -0.409 e. The summed E-state index contributed by atoms with van der Waals surface area (Å²) in [6, 6.07) is 0. The molecule has 1 aliphatic rings. The first-order valence-corrected chi connectivity index (χ1v) is 5.08. The average molecular weight is 184 g/mol. The van der Waals surface area contributed by atoms with Crippen molar-refractivity contribution in [2.24, 2.45) is 5.41 Å². The van der Waals surface area contributed by atoms with E-state index in [1.54, 1.807) is 0 Å². The molecular formula is C10H21BO2. The number of rotatable bonds is 2. The zero-order valence-electron chi connectivity index (χ0n) is 9.68. The van der Waals surface area contributed by atoms with E-state index < -0.39 is 0 Å². The molecule has 3 heteroatoms. The van der Waals surface area contributed by atoms with Crippen LogP contribution < -0.4 is 0 Å². The maximum Gasteiger partial charge on any atom is 0.458 e. The molecule has 0 aromatic carbocycles. The lowest BCUT2D eigenvalue weighted by Crippen LogP contribution is -2.34. The molecule has 0 spiro atoms. The summed E-state index contributed by atoms with van der Waals surface area (Å²) in [5, 5.41) is 0. The first-order chi connectivity index (χ1) is 5.74. The zero-order valence-corrected chi connectivity index (χ0v) is 9.68. The van der Waals surface area contributed by atoms with Crippen LogP contribution in [0.5, 0.6) is 0 Å². The lowest BCUT2D eigenvalue weighted by atomic mass is 9.68. The van der Waals surface area contributed by atoms with Crippen LogP contribution in [0.25, 0.3) is 0 Å². The van der Waals surface area contributed by atoms with Crippen LogP contribution in [-0.2, 0) is 9.31 Å². The second-order valence-electron chi connectivity index (χ2n) is 5.33. The molecule has 0 N–H and O–H groups in total. The Balaban J connectivity index is 2.60. The van der Waals surface area contributed by atoms with Crippen LogP contribution in [0.15, 0.2) is 0 Å². The molecular weight excluding hydrogens is 163 g/mol. The molecule has 0 saturated carbocycles. The van der Waals surface area contributed by atoms with E-state index in [0.29, 0.717) is 0 Å². The van der Waals surface area contributed by atoms with Gasteiger partial charge in [0.15, 0.2) is 0 Å². The predicted octanol–water partition coefficient (Wildman–Crippen LogP) is 2.73. The topological polar surface area (TPSA) is 18.5 Å². The standard InChI is InChI=1S/C10H21BO2/c1-8(2)12-11-7-9(3,4)10(5,6)13-11/h8H,7H2,1-6H3. The molecule has 1 fully saturated rings. The fourth-order valence-corrected chi connectivity index (χ4v) is 1.57. The van der Waals surface area contributed by atoms with Crippen LogP contribution in [0.2, 0.25) is 6.32 Å². The highest BCUT2D eigenvalue weighted by molar-refractivity contribution is 6.45. The highest BCUT2D eigenvalue weighted by atomic mass is 16.6. The number of hydrogen-bond donors (Lipinski definition) is 0. The van der Waals surface area contributed by atoms with Gasteiger partial charge in [-0.3, -0.25) is 0 Å². The Kier molecular flexibility index (Phi) is 2.79. The van der Waals surface area contributed by atoms with Crippen molar-refractivity contribution >= 4 is 7.12 Å². The van der Waals surface area contributed by atoms with Crippen molar-refractivity contribution in [3.63, 3.8) is 0 Å². The van der Waals surface area contributed by atoms with Crippen molar-refractivity contribution < 1.29 is 9.31 Å². The Morgan fingerprint density at radius 2 is 1.77 bits per heavy atom. The average Bonchev–Trinajstić information content (AvgIpc) is 1.98. The van der Waals surface area contributed by atoms with Crippen molar-refractivity contribution in [3.05, 3.63) is 0 Å². The Morgan fingerprint density at radius 3 is 2.08 bits per heavy atom. The molecule has 0 bridgehead atoms. The second kappa shape index (κ2) is 3.28. The SMILES string of the molecule is CC(C)OB1CC(C)(C)C(C)(C)O1. The van der Waals surface area contributed by atoms with Gasteiger partial charge in [0, 0.05) is 6.10 Å². The molecule has 76 valence electrons. The molecule has 0 aromatic rings. The first kappa shape index (κ1) is 11.1. The molecule has 1 rings (SSSR count). The van der Waals surface area contributed by atoms with Crippen molar-refractivity contribution in [3.8, 4) is 0 Å². The third-order valence-corrected chi connectivity index (χ3v) is 3.16. The maximum absolute atomic E-state index is 5.85. The van der Waals surface area contributed by atoms with Gasteiger partial charge in [-0.05, 0) is 39.4 Å². The van der Waals surface area contributed by atoms with Crippen LogP contribution in [0, 0.1) is 5.41 Å². The molecule has 0 radical (unpaired) electrons. The van der Waals surface area contributed by atoms with Gasteiger partial charge in [0.05, 0.1) is 5.60 Å². The summed E-state index contributed by atoms with van der Waals surface area (Å²) < 4.78 is 11.5. The molecule has 1 heterocycles. The van der Waals surface area contributed by atoms with Crippen molar-refractivity contribution in [2.45, 2.75) is 59.6 Å². The molecule has 1 aliphatic heterocycles. The summed E-state index contributed by atoms with van der Waals surface area (Å²) in [7, 11) is -0.0231. The molecule has 13 heavy (non-hydrogen) atoms. The van der Waals surface area contributed by atoms with Gasteiger partial charge < -0.3 is 9.31 Å². The van der Waals surface area contributed by atoms with Crippen LogP contribution in [-0.4, -0.2) is 18.8 Å². The quantitative estimate of drug-likeness (QED) is 0.614. The minimum atomic E-state index is -0.0768. The van der Waals surface area contributed by atoms with Crippen LogP contribution in [0.1, 0.15) is 41.5 Å². The highest BCUT2D eigenvalue weighted by Gasteiger charge is 2.50. The smallest absolute Gasteiger partial charge is 0.409 e. The summed E-state index contributed by atoms with van der Waals surface area (Å²) in [6.45, 7) is 12.8. The van der Waals surface area contributed by atoms with E-state index in [4.69, 9.17) is 9.31 Å². The molecule has 0 unspecified atom stereocenters. The number of hydrogen-bond acceptors (Lipinski definition) is 2. The predicted molar refractivity (Wildman–Crippen MR) is 55.7 cm³/mol. The van der Waals surface area contributed by atoms with Crippen molar-refractivity contribution in [1.82, 2.24) is 0 Å². The molecule has 0 aliphatic carbocycles. The van der Waals surface area contributed by atoms with Gasteiger partial charge in [-0.25, -0.2) is 0 Å². The Labute approximate surface area is 82.1 Å². The Morgan fingerprint density at radius 1 is 1.23 bits per heavy atom. The molecule has 0 amide bonds.